The number of carbonyl (C=O) groups excluding carboxylic acids is 1. The monoisotopic (exact) mass is 379 g/mol. The molecule has 1 heterocycles. The second-order valence-corrected chi connectivity index (χ2v) is 8.98. The molecular weight excluding hydrogens is 350 g/mol. The minimum atomic E-state index is -3.63. The fraction of sp³-hybridized carbons (Fsp3) is 0.632. The Labute approximate surface area is 156 Å². The van der Waals surface area contributed by atoms with E-state index in [-0.39, 0.29) is 16.4 Å². The van der Waals surface area contributed by atoms with E-state index in [1.165, 1.54) is 17.1 Å². The van der Waals surface area contributed by atoms with Gasteiger partial charge in [-0.1, -0.05) is 25.5 Å². The molecule has 6 nitrogen and oxygen atoms in total. The van der Waals surface area contributed by atoms with Gasteiger partial charge in [0.05, 0.1) is 10.5 Å². The average Bonchev–Trinajstić information content (AvgIpc) is 3.51. The molecule has 1 aromatic carbocycles. The van der Waals surface area contributed by atoms with Crippen molar-refractivity contribution < 1.29 is 13.2 Å². The van der Waals surface area contributed by atoms with Crippen LogP contribution in [0.15, 0.2) is 29.2 Å². The van der Waals surface area contributed by atoms with Crippen molar-refractivity contribution in [2.45, 2.75) is 50.0 Å². The van der Waals surface area contributed by atoms with Crippen molar-refractivity contribution in [3.63, 3.8) is 0 Å². The quantitative estimate of drug-likeness (QED) is 0.751. The fourth-order valence-electron chi connectivity index (χ4n) is 3.57. The highest BCUT2D eigenvalue weighted by atomic mass is 32.2. The van der Waals surface area contributed by atoms with Crippen molar-refractivity contribution in [2.75, 3.05) is 32.7 Å². The lowest BCUT2D eigenvalue weighted by Crippen LogP contribution is -2.38. The summed E-state index contributed by atoms with van der Waals surface area (Å²) >= 11 is 0. The molecule has 0 spiro atoms. The van der Waals surface area contributed by atoms with Gasteiger partial charge >= 0.3 is 0 Å². The second-order valence-electron chi connectivity index (χ2n) is 7.08. The predicted octanol–water partition coefficient (Wildman–Crippen LogP) is 2.08. The molecule has 1 aromatic rings. The van der Waals surface area contributed by atoms with Crippen LogP contribution in [0.25, 0.3) is 0 Å². The third-order valence-corrected chi connectivity index (χ3v) is 7.18. The molecule has 1 saturated heterocycles. The number of amides is 1. The summed E-state index contributed by atoms with van der Waals surface area (Å²) in [7, 11) is -3.63. The van der Waals surface area contributed by atoms with Crippen LogP contribution in [0.3, 0.4) is 0 Å². The average molecular weight is 380 g/mol. The maximum absolute atomic E-state index is 13.0. The van der Waals surface area contributed by atoms with Gasteiger partial charge in [-0.2, -0.15) is 4.31 Å². The van der Waals surface area contributed by atoms with Crippen molar-refractivity contribution in [1.29, 1.82) is 0 Å². The molecule has 0 aromatic heterocycles. The van der Waals surface area contributed by atoms with Gasteiger partial charge in [-0.05, 0) is 44.4 Å². The Morgan fingerprint density at radius 1 is 1.19 bits per heavy atom. The summed E-state index contributed by atoms with van der Waals surface area (Å²) in [6.07, 6.45) is 5.28. The summed E-state index contributed by atoms with van der Waals surface area (Å²) in [5, 5.41) is 2.90. The molecule has 0 bridgehead atoms. The van der Waals surface area contributed by atoms with Crippen LogP contribution in [0.4, 0.5) is 0 Å². The van der Waals surface area contributed by atoms with E-state index in [2.05, 4.69) is 17.1 Å². The molecule has 2 aliphatic rings. The predicted molar refractivity (Wildman–Crippen MR) is 102 cm³/mol. The van der Waals surface area contributed by atoms with Gasteiger partial charge < -0.3 is 5.32 Å². The zero-order valence-electron chi connectivity index (χ0n) is 15.5. The van der Waals surface area contributed by atoms with E-state index >= 15 is 0 Å². The number of hydrogen-bond donors (Lipinski definition) is 1. The smallest absolute Gasteiger partial charge is 0.252 e. The van der Waals surface area contributed by atoms with Gasteiger partial charge in [0, 0.05) is 32.2 Å². The van der Waals surface area contributed by atoms with E-state index in [1.807, 2.05) is 0 Å². The fourth-order valence-corrected chi connectivity index (χ4v) is 5.28. The first kappa shape index (κ1) is 19.3. The molecule has 7 heteroatoms. The maximum Gasteiger partial charge on any atom is 0.252 e. The first-order chi connectivity index (χ1) is 12.5. The van der Waals surface area contributed by atoms with E-state index < -0.39 is 10.0 Å². The van der Waals surface area contributed by atoms with Crippen LogP contribution in [0.5, 0.6) is 0 Å². The summed E-state index contributed by atoms with van der Waals surface area (Å²) in [6, 6.07) is 7.20. The molecule has 2 fully saturated rings. The van der Waals surface area contributed by atoms with Crippen molar-refractivity contribution in [2.24, 2.45) is 0 Å². The zero-order chi connectivity index (χ0) is 18.6. The first-order valence-corrected chi connectivity index (χ1v) is 11.1. The van der Waals surface area contributed by atoms with Crippen LogP contribution in [-0.2, 0) is 10.0 Å². The highest BCUT2D eigenvalue weighted by Crippen LogP contribution is 2.26. The Morgan fingerprint density at radius 2 is 1.88 bits per heavy atom. The minimum absolute atomic E-state index is 0.119. The van der Waals surface area contributed by atoms with Crippen LogP contribution in [0, 0.1) is 0 Å². The summed E-state index contributed by atoms with van der Waals surface area (Å²) in [4.78, 5) is 15.1. The normalized spacial score (nSPS) is 18.8. The van der Waals surface area contributed by atoms with Crippen molar-refractivity contribution in [1.82, 2.24) is 14.5 Å². The first-order valence-electron chi connectivity index (χ1n) is 9.65. The lowest BCUT2D eigenvalue weighted by molar-refractivity contribution is 0.0944. The molecule has 3 rings (SSSR count). The Kier molecular flexibility index (Phi) is 6.32. The summed E-state index contributed by atoms with van der Waals surface area (Å²) in [5.74, 6) is -0.312. The SMILES string of the molecule is CCN(CCNC(=O)c1ccccc1S(=O)(=O)N1CCCCC1)C1CC1. The summed E-state index contributed by atoms with van der Waals surface area (Å²) in [5.41, 5.74) is 0.243. The molecule has 144 valence electrons. The number of rotatable bonds is 8. The van der Waals surface area contributed by atoms with Gasteiger partial charge in [0.25, 0.3) is 5.91 Å². The topological polar surface area (TPSA) is 69.7 Å². The van der Waals surface area contributed by atoms with Gasteiger partial charge in [-0.3, -0.25) is 9.69 Å². The number of sulfonamides is 1. The summed E-state index contributed by atoms with van der Waals surface area (Å²) in [6.45, 7) is 5.49. The molecule has 26 heavy (non-hydrogen) atoms. The lowest BCUT2D eigenvalue weighted by atomic mass is 10.2. The van der Waals surface area contributed by atoms with Gasteiger partial charge in [0.1, 0.15) is 0 Å². The van der Waals surface area contributed by atoms with Crippen LogP contribution in [0.1, 0.15) is 49.4 Å². The Balaban J connectivity index is 1.68. The van der Waals surface area contributed by atoms with E-state index in [4.69, 9.17) is 0 Å². The standard InChI is InChI=1S/C19H29N3O3S/c1-2-21(16-10-11-16)15-12-20-19(23)17-8-4-5-9-18(17)26(24,25)22-13-6-3-7-14-22/h4-5,8-9,16H,2-3,6-7,10-15H2,1H3,(H,20,23). The van der Waals surface area contributed by atoms with Crippen LogP contribution < -0.4 is 5.32 Å². The largest absolute Gasteiger partial charge is 0.351 e. The second kappa shape index (κ2) is 8.50. The van der Waals surface area contributed by atoms with Gasteiger partial charge in [-0.15, -0.1) is 0 Å². The zero-order valence-corrected chi connectivity index (χ0v) is 16.3. The molecule has 1 saturated carbocycles. The molecule has 1 aliphatic carbocycles. The summed E-state index contributed by atoms with van der Waals surface area (Å²) < 4.78 is 27.5. The van der Waals surface area contributed by atoms with Crippen molar-refractivity contribution >= 4 is 15.9 Å². The number of hydrogen-bond acceptors (Lipinski definition) is 4. The van der Waals surface area contributed by atoms with Gasteiger partial charge in [0.2, 0.25) is 10.0 Å². The minimum Gasteiger partial charge on any atom is -0.351 e. The molecule has 1 amide bonds. The maximum atomic E-state index is 13.0. The number of piperidine rings is 1. The highest BCUT2D eigenvalue weighted by Gasteiger charge is 2.30. The van der Waals surface area contributed by atoms with E-state index in [1.54, 1.807) is 24.3 Å². The van der Waals surface area contributed by atoms with Crippen LogP contribution in [-0.4, -0.2) is 62.3 Å². The highest BCUT2D eigenvalue weighted by molar-refractivity contribution is 7.89. The molecule has 1 N–H and O–H groups in total. The Bertz CT molecular complexity index is 725. The lowest BCUT2D eigenvalue weighted by Gasteiger charge is -2.26. The number of benzene rings is 1. The number of nitrogens with one attached hydrogen (secondary N) is 1. The molecule has 0 unspecified atom stereocenters. The molecule has 0 radical (unpaired) electrons. The Morgan fingerprint density at radius 3 is 2.54 bits per heavy atom. The Hall–Kier alpha value is -1.44. The number of likely N-dealkylation sites (N-methyl/N-ethyl adjacent to an activating group) is 1. The number of nitrogens with zero attached hydrogens (tertiary/aromatic N) is 2. The third kappa shape index (κ3) is 4.45. The van der Waals surface area contributed by atoms with Gasteiger partial charge in [0.15, 0.2) is 0 Å². The van der Waals surface area contributed by atoms with Gasteiger partial charge in [-0.25, -0.2) is 8.42 Å². The van der Waals surface area contributed by atoms with E-state index in [0.717, 1.165) is 32.4 Å². The molecular formula is C19H29N3O3S. The molecule has 1 aliphatic heterocycles. The van der Waals surface area contributed by atoms with E-state index in [0.29, 0.717) is 25.7 Å². The third-order valence-electron chi connectivity index (χ3n) is 5.22. The number of carbonyl (C=O) groups is 1. The van der Waals surface area contributed by atoms with Crippen LogP contribution in [0.2, 0.25) is 0 Å². The van der Waals surface area contributed by atoms with Crippen LogP contribution >= 0.6 is 0 Å². The van der Waals surface area contributed by atoms with E-state index in [9.17, 15) is 13.2 Å². The molecule has 0 atom stereocenters. The van der Waals surface area contributed by atoms with Crippen molar-refractivity contribution in [3.8, 4) is 0 Å². The van der Waals surface area contributed by atoms with Crippen molar-refractivity contribution in [3.05, 3.63) is 29.8 Å².